The third-order valence-electron chi connectivity index (χ3n) is 4.52. The average molecular weight is 410 g/mol. The van der Waals surface area contributed by atoms with Gasteiger partial charge in [-0.1, -0.05) is 12.1 Å². The van der Waals surface area contributed by atoms with Gasteiger partial charge in [0.25, 0.3) is 0 Å². The van der Waals surface area contributed by atoms with Gasteiger partial charge in [-0.05, 0) is 67.6 Å². The van der Waals surface area contributed by atoms with Crippen LogP contribution in [0.5, 0.6) is 5.75 Å². The zero-order chi connectivity index (χ0) is 21.9. The Hall–Kier alpha value is -3.48. The van der Waals surface area contributed by atoms with Gasteiger partial charge in [0.05, 0.1) is 14.2 Å². The van der Waals surface area contributed by atoms with Gasteiger partial charge in [-0.15, -0.1) is 0 Å². The van der Waals surface area contributed by atoms with Crippen LogP contribution in [-0.4, -0.2) is 36.9 Å². The van der Waals surface area contributed by atoms with Crippen molar-refractivity contribution >= 4 is 23.0 Å². The fourth-order valence-corrected chi connectivity index (χ4v) is 3.17. The van der Waals surface area contributed by atoms with Crippen LogP contribution in [0.25, 0.3) is 22.0 Å². The first-order valence-corrected chi connectivity index (χ1v) is 9.54. The number of hydrogen-bond acceptors (Lipinski definition) is 5. The van der Waals surface area contributed by atoms with E-state index in [4.69, 9.17) is 14.2 Å². The predicted octanol–water partition coefficient (Wildman–Crippen LogP) is 4.58. The number of H-pyrrole nitrogens is 1. The molecule has 7 nitrogen and oxygen atoms in total. The Morgan fingerprint density at radius 1 is 1.03 bits per heavy atom. The van der Waals surface area contributed by atoms with E-state index in [0.29, 0.717) is 11.3 Å². The number of rotatable bonds is 5. The number of ether oxygens (including phenoxy) is 3. The summed E-state index contributed by atoms with van der Waals surface area (Å²) in [6.07, 6.45) is 1.17. The molecule has 0 bridgehead atoms. The Balaban J connectivity index is 2.01. The topological polar surface area (TPSA) is 89.7 Å². The van der Waals surface area contributed by atoms with E-state index in [-0.39, 0.29) is 0 Å². The number of carbonyl (C=O) groups excluding carboxylic acids is 2. The Bertz CT molecular complexity index is 1060. The van der Waals surface area contributed by atoms with Gasteiger partial charge < -0.3 is 24.5 Å². The van der Waals surface area contributed by atoms with Crippen LogP contribution >= 0.6 is 0 Å². The number of esters is 1. The molecule has 2 aromatic carbocycles. The number of aromatic amines is 1. The van der Waals surface area contributed by atoms with E-state index in [1.807, 2.05) is 36.5 Å². The summed E-state index contributed by atoms with van der Waals surface area (Å²) in [4.78, 5) is 27.9. The van der Waals surface area contributed by atoms with Gasteiger partial charge in [-0.25, -0.2) is 9.59 Å². The molecule has 30 heavy (non-hydrogen) atoms. The summed E-state index contributed by atoms with van der Waals surface area (Å²) >= 11 is 0. The Kier molecular flexibility index (Phi) is 6.01. The Morgan fingerprint density at radius 2 is 1.80 bits per heavy atom. The lowest BCUT2D eigenvalue weighted by atomic mass is 9.97. The van der Waals surface area contributed by atoms with Crippen LogP contribution in [0.3, 0.4) is 0 Å². The molecular weight excluding hydrogens is 384 g/mol. The molecule has 0 fully saturated rings. The molecule has 0 saturated heterocycles. The predicted molar refractivity (Wildman–Crippen MR) is 114 cm³/mol. The molecule has 0 saturated carbocycles. The molecule has 7 heteroatoms. The summed E-state index contributed by atoms with van der Waals surface area (Å²) in [5.41, 5.74) is 2.59. The number of nitrogens with one attached hydrogen (secondary N) is 2. The van der Waals surface area contributed by atoms with Gasteiger partial charge in [-0.2, -0.15) is 0 Å². The van der Waals surface area contributed by atoms with Crippen molar-refractivity contribution in [2.75, 3.05) is 14.2 Å². The summed E-state index contributed by atoms with van der Waals surface area (Å²) in [7, 11) is 2.86. The molecule has 0 spiro atoms. The van der Waals surface area contributed by atoms with E-state index in [1.165, 1.54) is 7.11 Å². The van der Waals surface area contributed by atoms with Crippen LogP contribution in [0.4, 0.5) is 4.79 Å². The minimum Gasteiger partial charge on any atom is -0.496 e. The molecule has 1 aromatic heterocycles. The molecule has 0 unspecified atom stereocenters. The molecule has 1 heterocycles. The SMILES string of the molecule is COC(=O)[C@H](NC(=O)OC(C)(C)C)c1ccc(OC)c(-c2ccc3[nH]ccc3c2)c1. The maximum absolute atomic E-state index is 12.4. The lowest BCUT2D eigenvalue weighted by Gasteiger charge is -2.23. The van der Waals surface area contributed by atoms with Crippen LogP contribution < -0.4 is 10.1 Å². The van der Waals surface area contributed by atoms with E-state index in [2.05, 4.69) is 10.3 Å². The molecule has 0 aliphatic heterocycles. The standard InChI is InChI=1S/C23H26N2O5/c1-23(2,3)30-22(27)25-20(21(26)29-5)16-7-9-19(28-4)17(13-16)14-6-8-18-15(12-14)10-11-24-18/h6-13,20,24H,1-5H3,(H,25,27)/t20-/m1/s1. The summed E-state index contributed by atoms with van der Waals surface area (Å²) in [6.45, 7) is 5.26. The van der Waals surface area contributed by atoms with Crippen LogP contribution in [-0.2, 0) is 14.3 Å². The second kappa shape index (κ2) is 8.49. The second-order valence-corrected chi connectivity index (χ2v) is 7.84. The van der Waals surface area contributed by atoms with Crippen LogP contribution in [0.15, 0.2) is 48.7 Å². The molecule has 0 aliphatic rings. The van der Waals surface area contributed by atoms with Crippen molar-refractivity contribution in [3.8, 4) is 16.9 Å². The van der Waals surface area contributed by atoms with Crippen molar-refractivity contribution in [3.05, 3.63) is 54.2 Å². The number of aromatic nitrogens is 1. The van der Waals surface area contributed by atoms with E-state index >= 15 is 0 Å². The monoisotopic (exact) mass is 410 g/mol. The first-order chi connectivity index (χ1) is 14.2. The lowest BCUT2D eigenvalue weighted by molar-refractivity contribution is -0.143. The molecule has 0 aliphatic carbocycles. The third-order valence-corrected chi connectivity index (χ3v) is 4.52. The van der Waals surface area contributed by atoms with E-state index in [1.54, 1.807) is 40.0 Å². The number of methoxy groups -OCH3 is 2. The van der Waals surface area contributed by atoms with Crippen LogP contribution in [0.2, 0.25) is 0 Å². The number of fused-ring (bicyclic) bond motifs is 1. The number of hydrogen-bond donors (Lipinski definition) is 2. The van der Waals surface area contributed by atoms with Crippen LogP contribution in [0, 0.1) is 0 Å². The number of carbonyl (C=O) groups is 2. The fourth-order valence-electron chi connectivity index (χ4n) is 3.17. The Labute approximate surface area is 175 Å². The van der Waals surface area contributed by atoms with Gasteiger partial charge >= 0.3 is 12.1 Å². The third kappa shape index (κ3) is 4.74. The van der Waals surface area contributed by atoms with Crippen molar-refractivity contribution in [2.45, 2.75) is 32.4 Å². The first-order valence-electron chi connectivity index (χ1n) is 9.54. The van der Waals surface area contributed by atoms with Crippen molar-refractivity contribution < 1.29 is 23.8 Å². The molecule has 2 N–H and O–H groups in total. The van der Waals surface area contributed by atoms with Gasteiger partial charge in [0.2, 0.25) is 0 Å². The molecule has 0 radical (unpaired) electrons. The van der Waals surface area contributed by atoms with Crippen LogP contribution in [0.1, 0.15) is 32.4 Å². The quantitative estimate of drug-likeness (QED) is 0.601. The zero-order valence-corrected chi connectivity index (χ0v) is 17.7. The minimum absolute atomic E-state index is 0.553. The highest BCUT2D eigenvalue weighted by atomic mass is 16.6. The summed E-state index contributed by atoms with van der Waals surface area (Å²) in [6, 6.07) is 12.2. The van der Waals surface area contributed by atoms with Crippen molar-refractivity contribution in [1.82, 2.24) is 10.3 Å². The number of amides is 1. The van der Waals surface area contributed by atoms with Gasteiger partial charge in [0.1, 0.15) is 11.4 Å². The van der Waals surface area contributed by atoms with E-state index < -0.39 is 23.7 Å². The molecule has 158 valence electrons. The summed E-state index contributed by atoms with van der Waals surface area (Å²) < 4.78 is 15.7. The lowest BCUT2D eigenvalue weighted by Crippen LogP contribution is -2.38. The first kappa shape index (κ1) is 21.2. The fraction of sp³-hybridized carbons (Fsp3) is 0.304. The maximum atomic E-state index is 12.4. The zero-order valence-electron chi connectivity index (χ0n) is 17.7. The number of alkyl carbamates (subject to hydrolysis) is 1. The van der Waals surface area contributed by atoms with Crippen molar-refractivity contribution in [1.29, 1.82) is 0 Å². The smallest absolute Gasteiger partial charge is 0.408 e. The molecule has 1 amide bonds. The molecule has 3 rings (SSSR count). The maximum Gasteiger partial charge on any atom is 0.408 e. The molecular formula is C23H26N2O5. The highest BCUT2D eigenvalue weighted by molar-refractivity contribution is 5.87. The molecule has 3 aromatic rings. The number of benzene rings is 2. The van der Waals surface area contributed by atoms with Crippen molar-refractivity contribution in [2.24, 2.45) is 0 Å². The van der Waals surface area contributed by atoms with E-state index in [0.717, 1.165) is 22.0 Å². The minimum atomic E-state index is -1.02. The highest BCUT2D eigenvalue weighted by Crippen LogP contribution is 2.34. The largest absolute Gasteiger partial charge is 0.496 e. The Morgan fingerprint density at radius 3 is 2.47 bits per heavy atom. The van der Waals surface area contributed by atoms with Crippen molar-refractivity contribution in [3.63, 3.8) is 0 Å². The van der Waals surface area contributed by atoms with Gasteiger partial charge in [-0.3, -0.25) is 0 Å². The average Bonchev–Trinajstić information content (AvgIpc) is 3.17. The second-order valence-electron chi connectivity index (χ2n) is 7.84. The molecule has 1 atom stereocenters. The van der Waals surface area contributed by atoms with Gasteiger partial charge in [0, 0.05) is 17.3 Å². The normalized spacial score (nSPS) is 12.3. The summed E-state index contributed by atoms with van der Waals surface area (Å²) in [5.74, 6) is 0.0487. The van der Waals surface area contributed by atoms with E-state index in [9.17, 15) is 9.59 Å². The highest BCUT2D eigenvalue weighted by Gasteiger charge is 2.27. The summed E-state index contributed by atoms with van der Waals surface area (Å²) in [5, 5.41) is 3.65. The van der Waals surface area contributed by atoms with Gasteiger partial charge in [0.15, 0.2) is 6.04 Å².